The molecule has 1 unspecified atom stereocenters. The Labute approximate surface area is 148 Å². The molecule has 5 heteroatoms. The number of hydrogen-bond acceptors (Lipinski definition) is 3. The number of para-hydroxylation sites is 1. The van der Waals surface area contributed by atoms with Gasteiger partial charge in [-0.1, -0.05) is 18.2 Å². The first-order valence-electron chi connectivity index (χ1n) is 9.40. The summed E-state index contributed by atoms with van der Waals surface area (Å²) in [4.78, 5) is 20.6. The SMILES string of the molecule is CC(C(=O)N1CCOCC1)N1CCC(c2cc3ccccc3[nH]2)CC1. The van der Waals surface area contributed by atoms with Gasteiger partial charge in [0.05, 0.1) is 19.3 Å². The van der Waals surface area contributed by atoms with E-state index in [1.807, 2.05) is 4.90 Å². The number of likely N-dealkylation sites (tertiary alicyclic amines) is 1. The highest BCUT2D eigenvalue weighted by atomic mass is 16.5. The van der Waals surface area contributed by atoms with Crippen molar-refractivity contribution in [1.82, 2.24) is 14.8 Å². The largest absolute Gasteiger partial charge is 0.378 e. The highest BCUT2D eigenvalue weighted by molar-refractivity contribution is 5.82. The molecule has 2 aromatic rings. The molecular weight excluding hydrogens is 314 g/mol. The van der Waals surface area contributed by atoms with Crippen LogP contribution in [0, 0.1) is 0 Å². The molecule has 0 bridgehead atoms. The van der Waals surface area contributed by atoms with Crippen LogP contribution < -0.4 is 0 Å². The first kappa shape index (κ1) is 16.6. The fraction of sp³-hybridized carbons (Fsp3) is 0.550. The molecule has 1 aromatic heterocycles. The number of morpholine rings is 1. The number of piperidine rings is 1. The van der Waals surface area contributed by atoms with Crippen LogP contribution >= 0.6 is 0 Å². The van der Waals surface area contributed by atoms with Crippen molar-refractivity contribution in [3.8, 4) is 0 Å². The molecule has 0 radical (unpaired) electrons. The molecule has 2 aliphatic heterocycles. The summed E-state index contributed by atoms with van der Waals surface area (Å²) in [5, 5.41) is 1.29. The zero-order chi connectivity index (χ0) is 17.2. The Hall–Kier alpha value is -1.85. The first-order chi connectivity index (χ1) is 12.2. The second kappa shape index (κ2) is 7.18. The van der Waals surface area contributed by atoms with E-state index in [4.69, 9.17) is 4.74 Å². The number of amides is 1. The van der Waals surface area contributed by atoms with E-state index in [1.165, 1.54) is 16.6 Å². The molecule has 0 spiro atoms. The maximum absolute atomic E-state index is 12.7. The van der Waals surface area contributed by atoms with E-state index < -0.39 is 0 Å². The molecule has 1 atom stereocenters. The van der Waals surface area contributed by atoms with Crippen molar-refractivity contribution in [3.05, 3.63) is 36.0 Å². The summed E-state index contributed by atoms with van der Waals surface area (Å²) in [6, 6.07) is 10.7. The Morgan fingerprint density at radius 2 is 1.88 bits per heavy atom. The minimum atomic E-state index is -0.0261. The highest BCUT2D eigenvalue weighted by Gasteiger charge is 2.30. The molecule has 1 aromatic carbocycles. The lowest BCUT2D eigenvalue weighted by Gasteiger charge is -2.38. The predicted molar refractivity (Wildman–Crippen MR) is 98.7 cm³/mol. The first-order valence-corrected chi connectivity index (χ1v) is 9.40. The van der Waals surface area contributed by atoms with E-state index in [-0.39, 0.29) is 11.9 Å². The monoisotopic (exact) mass is 341 g/mol. The number of carbonyl (C=O) groups excluding carboxylic acids is 1. The fourth-order valence-electron chi connectivity index (χ4n) is 4.12. The van der Waals surface area contributed by atoms with Gasteiger partial charge >= 0.3 is 0 Å². The number of rotatable bonds is 3. The number of fused-ring (bicyclic) bond motifs is 1. The Morgan fingerprint density at radius 1 is 1.16 bits per heavy atom. The normalized spacial score (nSPS) is 21.6. The summed E-state index contributed by atoms with van der Waals surface area (Å²) >= 11 is 0. The minimum Gasteiger partial charge on any atom is -0.378 e. The topological polar surface area (TPSA) is 48.6 Å². The molecule has 4 rings (SSSR count). The van der Waals surface area contributed by atoms with Crippen LogP contribution in [-0.2, 0) is 9.53 Å². The third kappa shape index (κ3) is 3.44. The quantitative estimate of drug-likeness (QED) is 0.933. The van der Waals surface area contributed by atoms with Gasteiger partial charge in [-0.3, -0.25) is 9.69 Å². The summed E-state index contributed by atoms with van der Waals surface area (Å²) in [7, 11) is 0. The van der Waals surface area contributed by atoms with Crippen LogP contribution in [0.25, 0.3) is 10.9 Å². The van der Waals surface area contributed by atoms with Crippen molar-refractivity contribution in [3.63, 3.8) is 0 Å². The number of hydrogen-bond donors (Lipinski definition) is 1. The number of aromatic nitrogens is 1. The van der Waals surface area contributed by atoms with Gasteiger partial charge in [-0.2, -0.15) is 0 Å². The van der Waals surface area contributed by atoms with Gasteiger partial charge in [-0.15, -0.1) is 0 Å². The van der Waals surface area contributed by atoms with Crippen LogP contribution in [0.5, 0.6) is 0 Å². The number of nitrogens with zero attached hydrogens (tertiary/aromatic N) is 2. The summed E-state index contributed by atoms with van der Waals surface area (Å²) in [6.07, 6.45) is 2.21. The molecule has 1 N–H and O–H groups in total. The lowest BCUT2D eigenvalue weighted by atomic mass is 9.92. The van der Waals surface area contributed by atoms with Crippen molar-refractivity contribution in [2.24, 2.45) is 0 Å². The van der Waals surface area contributed by atoms with Gasteiger partial charge in [-0.25, -0.2) is 0 Å². The van der Waals surface area contributed by atoms with Gasteiger partial charge in [0, 0.05) is 30.2 Å². The van der Waals surface area contributed by atoms with Gasteiger partial charge in [0.25, 0.3) is 0 Å². The van der Waals surface area contributed by atoms with Crippen LogP contribution in [0.4, 0.5) is 0 Å². The van der Waals surface area contributed by atoms with Crippen molar-refractivity contribution >= 4 is 16.8 Å². The average Bonchev–Trinajstić information content (AvgIpc) is 3.12. The molecule has 2 fully saturated rings. The van der Waals surface area contributed by atoms with Crippen LogP contribution in [0.1, 0.15) is 31.4 Å². The Bertz CT molecular complexity index is 694. The molecule has 3 heterocycles. The Balaban J connectivity index is 1.36. The van der Waals surface area contributed by atoms with E-state index in [0.717, 1.165) is 39.0 Å². The van der Waals surface area contributed by atoms with Gasteiger partial charge in [0.15, 0.2) is 0 Å². The van der Waals surface area contributed by atoms with E-state index in [0.29, 0.717) is 19.1 Å². The van der Waals surface area contributed by atoms with E-state index in [2.05, 4.69) is 47.1 Å². The zero-order valence-corrected chi connectivity index (χ0v) is 14.9. The molecule has 25 heavy (non-hydrogen) atoms. The third-order valence-corrected chi connectivity index (χ3v) is 5.75. The standard InChI is InChI=1S/C20H27N3O2/c1-15(20(24)23-10-12-25-13-11-23)22-8-6-16(7-9-22)19-14-17-4-2-3-5-18(17)21-19/h2-5,14-16,21H,6-13H2,1H3. The smallest absolute Gasteiger partial charge is 0.239 e. The second-order valence-corrected chi connectivity index (χ2v) is 7.24. The van der Waals surface area contributed by atoms with Gasteiger partial charge in [0.2, 0.25) is 5.91 Å². The van der Waals surface area contributed by atoms with Crippen LogP contribution in [0.15, 0.2) is 30.3 Å². The Morgan fingerprint density at radius 3 is 2.60 bits per heavy atom. The van der Waals surface area contributed by atoms with E-state index in [1.54, 1.807) is 0 Å². The van der Waals surface area contributed by atoms with Crippen molar-refractivity contribution in [2.45, 2.75) is 31.7 Å². The van der Waals surface area contributed by atoms with Crippen molar-refractivity contribution < 1.29 is 9.53 Å². The van der Waals surface area contributed by atoms with Gasteiger partial charge in [-0.05, 0) is 50.4 Å². The van der Waals surface area contributed by atoms with Crippen LogP contribution in [-0.4, -0.2) is 66.1 Å². The zero-order valence-electron chi connectivity index (χ0n) is 14.9. The summed E-state index contributed by atoms with van der Waals surface area (Å²) in [6.45, 7) is 6.82. The van der Waals surface area contributed by atoms with E-state index >= 15 is 0 Å². The molecule has 0 aliphatic carbocycles. The Kier molecular flexibility index (Phi) is 4.77. The van der Waals surface area contributed by atoms with Gasteiger partial charge in [0.1, 0.15) is 0 Å². The second-order valence-electron chi connectivity index (χ2n) is 7.24. The van der Waals surface area contributed by atoms with E-state index in [9.17, 15) is 4.79 Å². The van der Waals surface area contributed by atoms with Crippen molar-refractivity contribution in [2.75, 3.05) is 39.4 Å². The molecular formula is C20H27N3O2. The number of carbonyl (C=O) groups is 1. The summed E-state index contributed by atoms with van der Waals surface area (Å²) < 4.78 is 5.35. The van der Waals surface area contributed by atoms with Gasteiger partial charge < -0.3 is 14.6 Å². The third-order valence-electron chi connectivity index (χ3n) is 5.75. The van der Waals surface area contributed by atoms with Crippen molar-refractivity contribution in [1.29, 1.82) is 0 Å². The molecule has 5 nitrogen and oxygen atoms in total. The predicted octanol–water partition coefficient (Wildman–Crippen LogP) is 2.59. The number of benzene rings is 1. The average molecular weight is 341 g/mol. The molecule has 0 saturated carbocycles. The molecule has 2 saturated heterocycles. The van der Waals surface area contributed by atoms with Crippen LogP contribution in [0.3, 0.4) is 0 Å². The van der Waals surface area contributed by atoms with Crippen LogP contribution in [0.2, 0.25) is 0 Å². The number of aromatic amines is 1. The lowest BCUT2D eigenvalue weighted by Crippen LogP contribution is -2.52. The molecule has 1 amide bonds. The number of ether oxygens (including phenoxy) is 1. The maximum Gasteiger partial charge on any atom is 0.239 e. The molecule has 134 valence electrons. The highest BCUT2D eigenvalue weighted by Crippen LogP contribution is 2.30. The lowest BCUT2D eigenvalue weighted by molar-refractivity contribution is -0.140. The molecule has 2 aliphatic rings. The fourth-order valence-corrected chi connectivity index (χ4v) is 4.12. The summed E-state index contributed by atoms with van der Waals surface area (Å²) in [5.74, 6) is 0.821. The number of nitrogens with one attached hydrogen (secondary N) is 1. The maximum atomic E-state index is 12.7. The minimum absolute atomic E-state index is 0.0261. The summed E-state index contributed by atoms with van der Waals surface area (Å²) in [5.41, 5.74) is 2.56. The number of H-pyrrole nitrogens is 1.